The Bertz CT molecular complexity index is 645. The second-order valence-corrected chi connectivity index (χ2v) is 7.66. The van der Waals surface area contributed by atoms with E-state index in [0.29, 0.717) is 19.0 Å². The Labute approximate surface area is 169 Å². The molecular weight excluding hydrogens is 352 g/mol. The summed E-state index contributed by atoms with van der Waals surface area (Å²) in [6, 6.07) is 4.15. The number of carbonyl (C=O) groups is 1. The van der Waals surface area contributed by atoms with Crippen LogP contribution >= 0.6 is 0 Å². The number of anilines is 1. The number of hydrogen-bond donors (Lipinski definition) is 2. The Morgan fingerprint density at radius 2 is 1.86 bits per heavy atom. The van der Waals surface area contributed by atoms with Crippen LogP contribution in [-0.4, -0.2) is 62.5 Å². The lowest BCUT2D eigenvalue weighted by Crippen LogP contribution is -2.49. The quantitative estimate of drug-likeness (QED) is 0.528. The summed E-state index contributed by atoms with van der Waals surface area (Å²) in [5.41, 5.74) is 0.785. The second kappa shape index (κ2) is 10.3. The van der Waals surface area contributed by atoms with Crippen LogP contribution in [0.2, 0.25) is 0 Å². The fraction of sp³-hybridized carbons (Fsp3) is 0.667. The maximum absolute atomic E-state index is 12.7. The van der Waals surface area contributed by atoms with Crippen LogP contribution in [0.15, 0.2) is 23.3 Å². The number of guanidine groups is 1. The molecule has 7 heteroatoms. The largest absolute Gasteiger partial charge is 0.357 e. The SMILES string of the molecule is CCN(CC)c1ccc(CNC(=NC)NCC2(C(=O)N(C)C)CCCC2)cn1. The van der Waals surface area contributed by atoms with E-state index >= 15 is 0 Å². The van der Waals surface area contributed by atoms with Crippen molar-refractivity contribution in [1.29, 1.82) is 0 Å². The third kappa shape index (κ3) is 5.36. The van der Waals surface area contributed by atoms with Crippen LogP contribution in [0.3, 0.4) is 0 Å². The van der Waals surface area contributed by atoms with Crippen LogP contribution < -0.4 is 15.5 Å². The van der Waals surface area contributed by atoms with Gasteiger partial charge in [-0.3, -0.25) is 9.79 Å². The zero-order chi connectivity index (χ0) is 20.6. The van der Waals surface area contributed by atoms with Crippen LogP contribution in [0.1, 0.15) is 45.1 Å². The molecule has 1 saturated carbocycles. The first-order valence-electron chi connectivity index (χ1n) is 10.3. The number of carbonyl (C=O) groups excluding carboxylic acids is 1. The van der Waals surface area contributed by atoms with Crippen LogP contribution in [0, 0.1) is 5.41 Å². The molecule has 1 aliphatic carbocycles. The molecule has 0 unspecified atom stereocenters. The van der Waals surface area contributed by atoms with Crippen molar-refractivity contribution in [2.75, 3.05) is 45.7 Å². The molecule has 1 aromatic rings. The van der Waals surface area contributed by atoms with Crippen LogP contribution in [0.5, 0.6) is 0 Å². The maximum atomic E-state index is 12.7. The molecule has 2 rings (SSSR count). The summed E-state index contributed by atoms with van der Waals surface area (Å²) in [6.45, 7) is 7.42. The first-order chi connectivity index (χ1) is 13.5. The number of nitrogens with one attached hydrogen (secondary N) is 2. The van der Waals surface area contributed by atoms with Crippen molar-refractivity contribution in [3.8, 4) is 0 Å². The van der Waals surface area contributed by atoms with Gasteiger partial charge in [-0.1, -0.05) is 18.9 Å². The van der Waals surface area contributed by atoms with Gasteiger partial charge in [-0.05, 0) is 38.3 Å². The molecule has 28 heavy (non-hydrogen) atoms. The van der Waals surface area contributed by atoms with Gasteiger partial charge in [0.2, 0.25) is 5.91 Å². The van der Waals surface area contributed by atoms with E-state index in [4.69, 9.17) is 0 Å². The van der Waals surface area contributed by atoms with Crippen molar-refractivity contribution in [2.24, 2.45) is 10.4 Å². The first-order valence-corrected chi connectivity index (χ1v) is 10.3. The molecule has 156 valence electrons. The topological polar surface area (TPSA) is 72.9 Å². The number of amides is 1. The highest BCUT2D eigenvalue weighted by molar-refractivity contribution is 5.85. The zero-order valence-corrected chi connectivity index (χ0v) is 18.1. The third-order valence-electron chi connectivity index (χ3n) is 5.59. The molecule has 1 aromatic heterocycles. The van der Waals surface area contributed by atoms with E-state index in [1.165, 1.54) is 0 Å². The van der Waals surface area contributed by atoms with Crippen molar-refractivity contribution in [3.05, 3.63) is 23.9 Å². The Hall–Kier alpha value is -2.31. The van der Waals surface area contributed by atoms with Gasteiger partial charge >= 0.3 is 0 Å². The van der Waals surface area contributed by atoms with E-state index in [-0.39, 0.29) is 11.3 Å². The third-order valence-corrected chi connectivity index (χ3v) is 5.59. The van der Waals surface area contributed by atoms with Crippen molar-refractivity contribution >= 4 is 17.7 Å². The van der Waals surface area contributed by atoms with Crippen LogP contribution in [0.25, 0.3) is 0 Å². The predicted molar refractivity (Wildman–Crippen MR) is 116 cm³/mol. The zero-order valence-electron chi connectivity index (χ0n) is 18.1. The maximum Gasteiger partial charge on any atom is 0.230 e. The number of hydrogen-bond acceptors (Lipinski definition) is 4. The van der Waals surface area contributed by atoms with E-state index in [1.54, 1.807) is 11.9 Å². The van der Waals surface area contributed by atoms with Gasteiger partial charge < -0.3 is 20.4 Å². The number of pyridine rings is 1. The molecule has 2 N–H and O–H groups in total. The summed E-state index contributed by atoms with van der Waals surface area (Å²) in [6.07, 6.45) is 5.99. The minimum Gasteiger partial charge on any atom is -0.357 e. The molecule has 1 aliphatic rings. The number of aliphatic imine (C=N–C) groups is 1. The van der Waals surface area contributed by atoms with E-state index < -0.39 is 0 Å². The Morgan fingerprint density at radius 1 is 1.18 bits per heavy atom. The monoisotopic (exact) mass is 388 g/mol. The Morgan fingerprint density at radius 3 is 2.36 bits per heavy atom. The summed E-state index contributed by atoms with van der Waals surface area (Å²) in [7, 11) is 5.43. The number of rotatable bonds is 8. The van der Waals surface area contributed by atoms with Gasteiger partial charge in [0.25, 0.3) is 0 Å². The molecule has 1 amide bonds. The molecule has 0 saturated heterocycles. The van der Waals surface area contributed by atoms with Gasteiger partial charge in [0.1, 0.15) is 5.82 Å². The van der Waals surface area contributed by atoms with Crippen molar-refractivity contribution in [2.45, 2.75) is 46.1 Å². The van der Waals surface area contributed by atoms with E-state index in [2.05, 4.69) is 51.5 Å². The van der Waals surface area contributed by atoms with Gasteiger partial charge in [0.15, 0.2) is 5.96 Å². The lowest BCUT2D eigenvalue weighted by atomic mass is 9.84. The van der Waals surface area contributed by atoms with E-state index in [9.17, 15) is 4.79 Å². The highest BCUT2D eigenvalue weighted by Crippen LogP contribution is 2.38. The average molecular weight is 389 g/mol. The highest BCUT2D eigenvalue weighted by atomic mass is 16.2. The van der Waals surface area contributed by atoms with Crippen molar-refractivity contribution in [1.82, 2.24) is 20.5 Å². The summed E-state index contributed by atoms with van der Waals surface area (Å²) in [4.78, 5) is 25.5. The van der Waals surface area contributed by atoms with E-state index in [0.717, 1.165) is 50.2 Å². The predicted octanol–water partition coefficient (Wildman–Crippen LogP) is 2.24. The fourth-order valence-corrected chi connectivity index (χ4v) is 3.91. The summed E-state index contributed by atoms with van der Waals surface area (Å²) < 4.78 is 0. The summed E-state index contributed by atoms with van der Waals surface area (Å²) in [5.74, 6) is 1.93. The number of nitrogens with zero attached hydrogens (tertiary/aromatic N) is 4. The number of aromatic nitrogens is 1. The van der Waals surface area contributed by atoms with E-state index in [1.807, 2.05) is 20.3 Å². The fourth-order valence-electron chi connectivity index (χ4n) is 3.91. The minimum absolute atomic E-state index is 0.212. The normalized spacial score (nSPS) is 16.0. The lowest BCUT2D eigenvalue weighted by molar-refractivity contribution is -0.138. The second-order valence-electron chi connectivity index (χ2n) is 7.66. The van der Waals surface area contributed by atoms with Crippen molar-refractivity contribution < 1.29 is 4.79 Å². The first kappa shape index (κ1) is 22.0. The average Bonchev–Trinajstić information content (AvgIpc) is 3.19. The van der Waals surface area contributed by atoms with Crippen LogP contribution in [-0.2, 0) is 11.3 Å². The molecule has 0 spiro atoms. The standard InChI is InChI=1S/C21H36N6O/c1-6-27(7-2)18-11-10-17(14-23-18)15-24-20(22-3)25-16-21(12-8-9-13-21)19(28)26(4)5/h10-11,14H,6-9,12-13,15-16H2,1-5H3,(H2,22,24,25). The molecule has 1 heterocycles. The van der Waals surface area contributed by atoms with Gasteiger partial charge in [-0.2, -0.15) is 0 Å². The summed E-state index contributed by atoms with van der Waals surface area (Å²) >= 11 is 0. The minimum atomic E-state index is -0.311. The van der Waals surface area contributed by atoms with Crippen LogP contribution in [0.4, 0.5) is 5.82 Å². The molecule has 0 bridgehead atoms. The van der Waals surface area contributed by atoms with Gasteiger partial charge in [0.05, 0.1) is 5.41 Å². The highest BCUT2D eigenvalue weighted by Gasteiger charge is 2.42. The molecule has 1 fully saturated rings. The molecule has 0 radical (unpaired) electrons. The van der Waals surface area contributed by atoms with Crippen molar-refractivity contribution in [3.63, 3.8) is 0 Å². The Kier molecular flexibility index (Phi) is 8.08. The lowest BCUT2D eigenvalue weighted by Gasteiger charge is -2.31. The molecule has 7 nitrogen and oxygen atoms in total. The van der Waals surface area contributed by atoms with Gasteiger partial charge in [0, 0.05) is 53.5 Å². The molecular formula is C21H36N6O. The molecule has 0 atom stereocenters. The Balaban J connectivity index is 1.91. The summed E-state index contributed by atoms with van der Waals surface area (Å²) in [5, 5.41) is 6.70. The smallest absolute Gasteiger partial charge is 0.230 e. The molecule has 0 aliphatic heterocycles. The van der Waals surface area contributed by atoms with Gasteiger partial charge in [-0.25, -0.2) is 4.98 Å². The van der Waals surface area contributed by atoms with Gasteiger partial charge in [-0.15, -0.1) is 0 Å². The molecule has 0 aromatic carbocycles.